The largest absolute Gasteiger partial charge is 0.379 e. The fourth-order valence-corrected chi connectivity index (χ4v) is 5.54. The molecule has 10 heteroatoms. The second kappa shape index (κ2) is 9.17. The fraction of sp³-hybridized carbons (Fsp3) is 0.783. The van der Waals surface area contributed by atoms with Crippen molar-refractivity contribution in [3.63, 3.8) is 0 Å². The van der Waals surface area contributed by atoms with Gasteiger partial charge in [0.25, 0.3) is 5.56 Å². The highest BCUT2D eigenvalue weighted by Crippen LogP contribution is 2.34. The Morgan fingerprint density at radius 1 is 0.818 bits per heavy atom. The monoisotopic (exact) mass is 480 g/mol. The maximum absolute atomic E-state index is 13.5. The molecule has 2 atom stereocenters. The number of imidazole rings is 1. The van der Waals surface area contributed by atoms with E-state index in [0.29, 0.717) is 42.6 Å². The summed E-state index contributed by atoms with van der Waals surface area (Å²) in [5.41, 5.74) is 0.293. The van der Waals surface area contributed by atoms with Crippen LogP contribution in [0.25, 0.3) is 11.2 Å². The molecule has 0 bridgehead atoms. The summed E-state index contributed by atoms with van der Waals surface area (Å²) < 4.78 is 21.9. The van der Waals surface area contributed by atoms with Gasteiger partial charge in [0.15, 0.2) is 11.2 Å². The van der Waals surface area contributed by atoms with Crippen molar-refractivity contribution >= 4 is 22.8 Å². The SMILES string of the molecule is COC1CC(Cn2c(Cl)nc3c2c(=O)n(CC2CC2)c(=O)n3CC2CC2)CC(OC)C1OC. The van der Waals surface area contributed by atoms with E-state index in [4.69, 9.17) is 25.8 Å². The molecule has 2 aromatic heterocycles. The molecule has 5 rings (SSSR count). The molecular weight excluding hydrogens is 448 g/mol. The number of methoxy groups -OCH3 is 3. The summed E-state index contributed by atoms with van der Waals surface area (Å²) in [6.07, 6.45) is 5.45. The molecule has 0 aromatic carbocycles. The standard InChI is InChI=1S/C23H33ClN4O5/c1-31-16-8-15(9-17(32-2)19(16)33-3)12-26-18-20(25-22(26)24)27(10-13-4-5-13)23(30)28(21(18)29)11-14-6-7-14/h13-17,19H,4-12H2,1-3H3. The predicted octanol–water partition coefficient (Wildman–Crippen LogP) is 2.29. The highest BCUT2D eigenvalue weighted by molar-refractivity contribution is 6.29. The molecule has 0 amide bonds. The molecule has 182 valence electrons. The molecule has 3 aliphatic rings. The molecule has 33 heavy (non-hydrogen) atoms. The average molecular weight is 481 g/mol. The van der Waals surface area contributed by atoms with Crippen molar-refractivity contribution in [3.8, 4) is 0 Å². The zero-order valence-electron chi connectivity index (χ0n) is 19.5. The molecule has 3 saturated carbocycles. The van der Waals surface area contributed by atoms with Crippen molar-refractivity contribution in [2.75, 3.05) is 21.3 Å². The highest BCUT2D eigenvalue weighted by Gasteiger charge is 2.39. The van der Waals surface area contributed by atoms with Crippen LogP contribution < -0.4 is 11.2 Å². The van der Waals surface area contributed by atoms with Crippen LogP contribution >= 0.6 is 11.6 Å². The van der Waals surface area contributed by atoms with Crippen LogP contribution in [-0.2, 0) is 33.8 Å². The van der Waals surface area contributed by atoms with Crippen LogP contribution in [-0.4, -0.2) is 58.3 Å². The molecule has 0 N–H and O–H groups in total. The first-order valence-electron chi connectivity index (χ1n) is 11.9. The number of fused-ring (bicyclic) bond motifs is 1. The van der Waals surface area contributed by atoms with E-state index >= 15 is 0 Å². The number of hydrogen-bond donors (Lipinski definition) is 0. The average Bonchev–Trinajstić information content (AvgIpc) is 3.74. The maximum Gasteiger partial charge on any atom is 0.332 e. The lowest BCUT2D eigenvalue weighted by atomic mass is 9.83. The third-order valence-electron chi connectivity index (χ3n) is 7.53. The summed E-state index contributed by atoms with van der Waals surface area (Å²) in [4.78, 5) is 31.3. The highest BCUT2D eigenvalue weighted by atomic mass is 35.5. The molecule has 2 heterocycles. The normalized spacial score (nSPS) is 28.0. The van der Waals surface area contributed by atoms with Crippen molar-refractivity contribution < 1.29 is 14.2 Å². The third-order valence-corrected chi connectivity index (χ3v) is 7.81. The van der Waals surface area contributed by atoms with E-state index < -0.39 is 0 Å². The predicted molar refractivity (Wildman–Crippen MR) is 124 cm³/mol. The molecule has 0 spiro atoms. The summed E-state index contributed by atoms with van der Waals surface area (Å²) in [5.74, 6) is 1.03. The Kier molecular flexibility index (Phi) is 6.41. The molecule has 0 radical (unpaired) electrons. The van der Waals surface area contributed by atoms with E-state index in [1.807, 2.05) is 0 Å². The van der Waals surface area contributed by atoms with Crippen LogP contribution in [0.2, 0.25) is 5.28 Å². The second-order valence-electron chi connectivity index (χ2n) is 9.95. The number of aromatic nitrogens is 4. The van der Waals surface area contributed by atoms with Crippen molar-refractivity contribution in [2.24, 2.45) is 17.8 Å². The van der Waals surface area contributed by atoms with Gasteiger partial charge in [0.05, 0.1) is 12.2 Å². The molecule has 9 nitrogen and oxygen atoms in total. The lowest BCUT2D eigenvalue weighted by molar-refractivity contribution is -0.141. The van der Waals surface area contributed by atoms with Gasteiger partial charge in [-0.1, -0.05) is 0 Å². The van der Waals surface area contributed by atoms with Gasteiger partial charge in [-0.2, -0.15) is 4.98 Å². The molecule has 3 aliphatic carbocycles. The molecule has 2 unspecified atom stereocenters. The van der Waals surface area contributed by atoms with Gasteiger partial charge in [0.2, 0.25) is 5.28 Å². The van der Waals surface area contributed by atoms with Gasteiger partial charge in [-0.3, -0.25) is 13.9 Å². The summed E-state index contributed by atoms with van der Waals surface area (Å²) in [6, 6.07) is 0. The lowest BCUT2D eigenvalue weighted by Gasteiger charge is -2.39. The Labute approximate surface area is 197 Å². The smallest absolute Gasteiger partial charge is 0.332 e. The molecule has 2 aromatic rings. The number of nitrogens with zero attached hydrogens (tertiary/aromatic N) is 4. The minimum absolute atomic E-state index is 0.119. The van der Waals surface area contributed by atoms with Crippen LogP contribution in [0.5, 0.6) is 0 Å². The van der Waals surface area contributed by atoms with Gasteiger partial charge in [0, 0.05) is 41.0 Å². The molecule has 0 aliphatic heterocycles. The quantitative estimate of drug-likeness (QED) is 0.511. The van der Waals surface area contributed by atoms with Crippen molar-refractivity contribution in [1.29, 1.82) is 0 Å². The van der Waals surface area contributed by atoms with Gasteiger partial charge in [0.1, 0.15) is 6.10 Å². The molecular formula is C23H33ClN4O5. The summed E-state index contributed by atoms with van der Waals surface area (Å²) >= 11 is 6.60. The summed E-state index contributed by atoms with van der Waals surface area (Å²) in [6.45, 7) is 1.56. The van der Waals surface area contributed by atoms with E-state index in [1.54, 1.807) is 30.5 Å². The Morgan fingerprint density at radius 2 is 1.36 bits per heavy atom. The van der Waals surface area contributed by atoms with E-state index in [2.05, 4.69) is 4.98 Å². The first kappa shape index (κ1) is 23.1. The van der Waals surface area contributed by atoms with Crippen molar-refractivity contribution in [3.05, 3.63) is 26.1 Å². The van der Waals surface area contributed by atoms with E-state index in [9.17, 15) is 9.59 Å². The number of ether oxygens (including phenoxy) is 3. The number of rotatable bonds is 9. The van der Waals surface area contributed by atoms with E-state index in [-0.39, 0.29) is 40.8 Å². The van der Waals surface area contributed by atoms with Gasteiger partial charge in [-0.15, -0.1) is 0 Å². The van der Waals surface area contributed by atoms with E-state index in [1.165, 1.54) is 4.57 Å². The van der Waals surface area contributed by atoms with Gasteiger partial charge in [-0.25, -0.2) is 4.79 Å². The molecule has 0 saturated heterocycles. The summed E-state index contributed by atoms with van der Waals surface area (Å²) in [7, 11) is 5.03. The van der Waals surface area contributed by atoms with Crippen LogP contribution in [0.3, 0.4) is 0 Å². The van der Waals surface area contributed by atoms with E-state index in [0.717, 1.165) is 38.5 Å². The summed E-state index contributed by atoms with van der Waals surface area (Å²) in [5, 5.41) is 0.243. The minimum Gasteiger partial charge on any atom is -0.379 e. The van der Waals surface area contributed by atoms with Crippen molar-refractivity contribution in [1.82, 2.24) is 18.7 Å². The number of halogens is 1. The second-order valence-corrected chi connectivity index (χ2v) is 10.3. The third kappa shape index (κ3) is 4.40. The maximum atomic E-state index is 13.5. The number of hydrogen-bond acceptors (Lipinski definition) is 6. The van der Waals surface area contributed by atoms with Gasteiger partial charge < -0.3 is 18.8 Å². The van der Waals surface area contributed by atoms with Gasteiger partial charge >= 0.3 is 5.69 Å². The van der Waals surface area contributed by atoms with Crippen molar-refractivity contribution in [2.45, 2.75) is 76.5 Å². The topological polar surface area (TPSA) is 89.5 Å². The van der Waals surface area contributed by atoms with Gasteiger partial charge in [-0.05, 0) is 67.9 Å². The zero-order valence-corrected chi connectivity index (χ0v) is 20.3. The van der Waals surface area contributed by atoms with Crippen LogP contribution in [0.4, 0.5) is 0 Å². The minimum atomic E-state index is -0.287. The van der Waals surface area contributed by atoms with Crippen LogP contribution in [0, 0.1) is 17.8 Å². The van der Waals surface area contributed by atoms with Crippen LogP contribution in [0.1, 0.15) is 38.5 Å². The first-order chi connectivity index (χ1) is 15.9. The Bertz CT molecular complexity index is 1120. The Balaban J connectivity index is 1.55. The lowest BCUT2D eigenvalue weighted by Crippen LogP contribution is -2.48. The Hall–Kier alpha value is -1.68. The fourth-order valence-electron chi connectivity index (χ4n) is 5.31. The Morgan fingerprint density at radius 3 is 1.88 bits per heavy atom. The first-order valence-corrected chi connectivity index (χ1v) is 12.3. The molecule has 3 fully saturated rings. The van der Waals surface area contributed by atoms with Crippen LogP contribution in [0.15, 0.2) is 9.59 Å². The zero-order chi connectivity index (χ0) is 23.3.